The van der Waals surface area contributed by atoms with Gasteiger partial charge >= 0.3 is 0 Å². The molecule has 1 aliphatic heterocycles. The van der Waals surface area contributed by atoms with E-state index in [1.165, 1.54) is 0 Å². The van der Waals surface area contributed by atoms with Crippen molar-refractivity contribution in [3.05, 3.63) is 23.2 Å². The van der Waals surface area contributed by atoms with Crippen LogP contribution in [-0.4, -0.2) is 25.9 Å². The normalized spacial score (nSPS) is 24.4. The van der Waals surface area contributed by atoms with Crippen LogP contribution >= 0.6 is 11.6 Å². The van der Waals surface area contributed by atoms with Crippen LogP contribution in [0.4, 0.5) is 5.69 Å². The molecule has 2 unspecified atom stereocenters. The van der Waals surface area contributed by atoms with Crippen molar-refractivity contribution in [1.82, 2.24) is 0 Å². The first kappa shape index (κ1) is 12.5. The molecule has 0 aromatic heterocycles. The maximum atomic E-state index is 6.09. The monoisotopic (exact) mass is 255 g/mol. The van der Waals surface area contributed by atoms with Gasteiger partial charge in [-0.05, 0) is 38.0 Å². The number of benzene rings is 1. The number of anilines is 1. The maximum Gasteiger partial charge on any atom is 0.137 e. The topological polar surface area (TPSA) is 30.5 Å². The van der Waals surface area contributed by atoms with Crippen molar-refractivity contribution >= 4 is 17.3 Å². The minimum atomic E-state index is 0.329. The van der Waals surface area contributed by atoms with Crippen molar-refractivity contribution < 1.29 is 9.47 Å². The van der Waals surface area contributed by atoms with Crippen LogP contribution in [0.5, 0.6) is 5.75 Å². The van der Waals surface area contributed by atoms with Gasteiger partial charge in [-0.15, -0.1) is 0 Å². The summed E-state index contributed by atoms with van der Waals surface area (Å²) in [6.45, 7) is 2.93. The summed E-state index contributed by atoms with van der Waals surface area (Å²) in [5, 5.41) is 4.12. The average molecular weight is 256 g/mol. The Labute approximate surface area is 107 Å². The lowest BCUT2D eigenvalue weighted by Crippen LogP contribution is -2.32. The van der Waals surface area contributed by atoms with E-state index in [0.717, 1.165) is 25.1 Å². The Bertz CT molecular complexity index is 384. The summed E-state index contributed by atoms with van der Waals surface area (Å²) in [5.74, 6) is 0.706. The van der Waals surface area contributed by atoms with E-state index < -0.39 is 0 Å². The number of halogens is 1. The zero-order valence-electron chi connectivity index (χ0n) is 10.2. The smallest absolute Gasteiger partial charge is 0.137 e. The molecular weight excluding hydrogens is 238 g/mol. The first-order valence-electron chi connectivity index (χ1n) is 5.90. The van der Waals surface area contributed by atoms with Gasteiger partial charge in [0.15, 0.2) is 0 Å². The fourth-order valence-electron chi connectivity index (χ4n) is 2.12. The second kappa shape index (κ2) is 5.61. The van der Waals surface area contributed by atoms with Gasteiger partial charge in [0.1, 0.15) is 5.75 Å². The Kier molecular flexibility index (Phi) is 4.13. The van der Waals surface area contributed by atoms with Crippen LogP contribution in [0, 0.1) is 0 Å². The van der Waals surface area contributed by atoms with E-state index >= 15 is 0 Å². The highest BCUT2D eigenvalue weighted by atomic mass is 35.5. The number of hydrogen-bond acceptors (Lipinski definition) is 3. The third kappa shape index (κ3) is 3.27. The SMILES string of the molecule is COc1ccc(NC2CCOC(C)C2)cc1Cl. The summed E-state index contributed by atoms with van der Waals surface area (Å²) in [4.78, 5) is 0. The summed E-state index contributed by atoms with van der Waals surface area (Å²) < 4.78 is 10.6. The molecule has 0 bridgehead atoms. The lowest BCUT2D eigenvalue weighted by atomic mass is 10.0. The van der Waals surface area contributed by atoms with Gasteiger partial charge < -0.3 is 14.8 Å². The first-order valence-corrected chi connectivity index (χ1v) is 6.28. The van der Waals surface area contributed by atoms with Crippen LogP contribution in [0.1, 0.15) is 19.8 Å². The van der Waals surface area contributed by atoms with Crippen LogP contribution < -0.4 is 10.1 Å². The molecule has 1 aromatic rings. The van der Waals surface area contributed by atoms with Crippen LogP contribution in [0.2, 0.25) is 5.02 Å². The number of rotatable bonds is 3. The fraction of sp³-hybridized carbons (Fsp3) is 0.538. The minimum Gasteiger partial charge on any atom is -0.495 e. The van der Waals surface area contributed by atoms with E-state index in [1.54, 1.807) is 7.11 Å². The second-order valence-electron chi connectivity index (χ2n) is 4.40. The van der Waals surface area contributed by atoms with Gasteiger partial charge in [0.05, 0.1) is 18.2 Å². The quantitative estimate of drug-likeness (QED) is 0.899. The molecule has 1 saturated heterocycles. The molecule has 2 atom stereocenters. The Morgan fingerprint density at radius 2 is 2.29 bits per heavy atom. The molecule has 3 nitrogen and oxygen atoms in total. The zero-order chi connectivity index (χ0) is 12.3. The second-order valence-corrected chi connectivity index (χ2v) is 4.80. The highest BCUT2D eigenvalue weighted by Crippen LogP contribution is 2.28. The molecule has 1 fully saturated rings. The number of methoxy groups -OCH3 is 1. The molecule has 1 heterocycles. The van der Waals surface area contributed by atoms with Gasteiger partial charge in [-0.2, -0.15) is 0 Å². The number of hydrogen-bond donors (Lipinski definition) is 1. The molecule has 1 N–H and O–H groups in total. The average Bonchev–Trinajstić information content (AvgIpc) is 2.29. The molecule has 1 aliphatic rings. The van der Waals surface area contributed by atoms with Crippen molar-refractivity contribution in [3.63, 3.8) is 0 Å². The number of nitrogens with one attached hydrogen (secondary N) is 1. The van der Waals surface area contributed by atoms with Gasteiger partial charge in [0.2, 0.25) is 0 Å². The van der Waals surface area contributed by atoms with Crippen LogP contribution in [0.3, 0.4) is 0 Å². The minimum absolute atomic E-state index is 0.329. The molecule has 0 amide bonds. The Hall–Kier alpha value is -0.930. The van der Waals surface area contributed by atoms with Gasteiger partial charge in [0, 0.05) is 18.3 Å². The predicted molar refractivity (Wildman–Crippen MR) is 70.1 cm³/mol. The third-order valence-electron chi connectivity index (χ3n) is 3.01. The standard InChI is InChI=1S/C13H18ClNO2/c1-9-7-11(5-6-17-9)15-10-3-4-13(16-2)12(14)8-10/h3-4,8-9,11,15H,5-7H2,1-2H3. The van der Waals surface area contributed by atoms with Gasteiger partial charge in [-0.3, -0.25) is 0 Å². The molecule has 0 radical (unpaired) electrons. The molecule has 0 spiro atoms. The van der Waals surface area contributed by atoms with Crippen molar-refractivity contribution in [1.29, 1.82) is 0 Å². The molecule has 4 heteroatoms. The first-order chi connectivity index (χ1) is 8.19. The fourth-order valence-corrected chi connectivity index (χ4v) is 2.38. The molecular formula is C13H18ClNO2. The van der Waals surface area contributed by atoms with E-state index in [1.807, 2.05) is 18.2 Å². The molecule has 94 valence electrons. The Morgan fingerprint density at radius 3 is 2.94 bits per heavy atom. The largest absolute Gasteiger partial charge is 0.495 e. The van der Waals surface area contributed by atoms with E-state index in [4.69, 9.17) is 21.1 Å². The molecule has 17 heavy (non-hydrogen) atoms. The van der Waals surface area contributed by atoms with Crippen molar-refractivity contribution in [2.24, 2.45) is 0 Å². The van der Waals surface area contributed by atoms with Crippen LogP contribution in [0.25, 0.3) is 0 Å². The molecule has 2 rings (SSSR count). The summed E-state index contributed by atoms with van der Waals surface area (Å²) in [7, 11) is 1.62. The Morgan fingerprint density at radius 1 is 1.47 bits per heavy atom. The summed E-state index contributed by atoms with van der Waals surface area (Å²) in [6.07, 6.45) is 2.40. The van der Waals surface area contributed by atoms with Gasteiger partial charge in [-0.1, -0.05) is 11.6 Å². The third-order valence-corrected chi connectivity index (χ3v) is 3.30. The van der Waals surface area contributed by atoms with Crippen LogP contribution in [-0.2, 0) is 4.74 Å². The van der Waals surface area contributed by atoms with Crippen molar-refractivity contribution in [2.75, 3.05) is 19.0 Å². The van der Waals surface area contributed by atoms with E-state index in [9.17, 15) is 0 Å². The predicted octanol–water partition coefficient (Wildman–Crippen LogP) is 3.33. The summed E-state index contributed by atoms with van der Waals surface area (Å²) in [5.41, 5.74) is 1.04. The molecule has 1 aromatic carbocycles. The lowest BCUT2D eigenvalue weighted by Gasteiger charge is -2.28. The van der Waals surface area contributed by atoms with Gasteiger partial charge in [0.25, 0.3) is 0 Å². The maximum absolute atomic E-state index is 6.09. The number of ether oxygens (including phenoxy) is 2. The van der Waals surface area contributed by atoms with E-state index in [-0.39, 0.29) is 0 Å². The summed E-state index contributed by atoms with van der Waals surface area (Å²) >= 11 is 6.09. The van der Waals surface area contributed by atoms with Gasteiger partial charge in [-0.25, -0.2) is 0 Å². The highest BCUT2D eigenvalue weighted by Gasteiger charge is 2.19. The molecule has 0 saturated carbocycles. The zero-order valence-corrected chi connectivity index (χ0v) is 11.0. The molecule has 0 aliphatic carbocycles. The van der Waals surface area contributed by atoms with E-state index in [0.29, 0.717) is 22.9 Å². The van der Waals surface area contributed by atoms with Crippen molar-refractivity contribution in [3.8, 4) is 5.75 Å². The van der Waals surface area contributed by atoms with Crippen molar-refractivity contribution in [2.45, 2.75) is 31.9 Å². The van der Waals surface area contributed by atoms with Crippen LogP contribution in [0.15, 0.2) is 18.2 Å². The summed E-state index contributed by atoms with van der Waals surface area (Å²) in [6, 6.07) is 6.24. The Balaban J connectivity index is 2.00. The lowest BCUT2D eigenvalue weighted by molar-refractivity contribution is 0.0232. The van der Waals surface area contributed by atoms with E-state index in [2.05, 4.69) is 12.2 Å². The highest BCUT2D eigenvalue weighted by molar-refractivity contribution is 6.32.